The van der Waals surface area contributed by atoms with Gasteiger partial charge in [0, 0.05) is 11.7 Å². The molecule has 2 rings (SSSR count). The van der Waals surface area contributed by atoms with E-state index < -0.39 is 11.7 Å². The van der Waals surface area contributed by atoms with E-state index in [0.29, 0.717) is 0 Å². The van der Waals surface area contributed by atoms with Crippen molar-refractivity contribution in [3.63, 3.8) is 0 Å². The lowest BCUT2D eigenvalue weighted by molar-refractivity contribution is -0.120. The first kappa shape index (κ1) is 12.3. The zero-order valence-electron chi connectivity index (χ0n) is 9.70. The van der Waals surface area contributed by atoms with Crippen molar-refractivity contribution in [2.75, 3.05) is 12.3 Å². The quantitative estimate of drug-likeness (QED) is 0.678. The summed E-state index contributed by atoms with van der Waals surface area (Å²) in [6.07, 6.45) is 1.97. The number of hydrogen-bond acceptors (Lipinski definition) is 3. The van der Waals surface area contributed by atoms with E-state index in [0.717, 1.165) is 18.9 Å². The predicted molar refractivity (Wildman–Crippen MR) is 64.3 cm³/mol. The molecule has 0 atom stereocenters. The number of carbonyl (C=O) groups excluding carboxylic acids is 2. The summed E-state index contributed by atoms with van der Waals surface area (Å²) < 4.78 is 13.0. The first-order valence-corrected chi connectivity index (χ1v) is 5.69. The Morgan fingerprint density at radius 1 is 1.39 bits per heavy atom. The number of amides is 2. The Kier molecular flexibility index (Phi) is 3.45. The monoisotopic (exact) mass is 251 g/mol. The molecule has 0 heterocycles. The van der Waals surface area contributed by atoms with Gasteiger partial charge < -0.3 is 16.4 Å². The Morgan fingerprint density at radius 2 is 2.11 bits per heavy atom. The van der Waals surface area contributed by atoms with Crippen LogP contribution in [0.4, 0.5) is 10.1 Å². The Morgan fingerprint density at radius 3 is 2.78 bits per heavy atom. The van der Waals surface area contributed by atoms with Crippen LogP contribution in [-0.4, -0.2) is 24.4 Å². The van der Waals surface area contributed by atoms with E-state index in [1.807, 2.05) is 0 Å². The number of halogens is 1. The van der Waals surface area contributed by atoms with Crippen molar-refractivity contribution in [1.29, 1.82) is 0 Å². The molecule has 5 nitrogen and oxygen atoms in total. The molecule has 0 aromatic heterocycles. The molecule has 2 amide bonds. The molecule has 1 aromatic rings. The molecule has 0 unspecified atom stereocenters. The van der Waals surface area contributed by atoms with Gasteiger partial charge in [0.25, 0.3) is 5.91 Å². The normalized spacial score (nSPS) is 14.1. The Hall–Kier alpha value is -2.11. The molecule has 6 heteroatoms. The standard InChI is InChI=1S/C12H14FN3O2/c13-7-1-4-10(14)9(5-7)12(18)15-6-11(17)16-8-2-3-8/h1,4-5,8H,2-3,6,14H2,(H,15,18)(H,16,17). The zero-order valence-corrected chi connectivity index (χ0v) is 9.70. The first-order valence-electron chi connectivity index (χ1n) is 5.69. The lowest BCUT2D eigenvalue weighted by Gasteiger charge is -2.07. The molecule has 0 aliphatic heterocycles. The van der Waals surface area contributed by atoms with E-state index in [1.165, 1.54) is 12.1 Å². The summed E-state index contributed by atoms with van der Waals surface area (Å²) >= 11 is 0. The van der Waals surface area contributed by atoms with Gasteiger partial charge in [-0.1, -0.05) is 0 Å². The molecule has 1 aliphatic carbocycles. The van der Waals surface area contributed by atoms with E-state index >= 15 is 0 Å². The highest BCUT2D eigenvalue weighted by Crippen LogP contribution is 2.18. The Labute approximate surface area is 104 Å². The van der Waals surface area contributed by atoms with Crippen LogP contribution in [0.15, 0.2) is 18.2 Å². The number of rotatable bonds is 4. The molecule has 4 N–H and O–H groups in total. The number of benzene rings is 1. The molecule has 18 heavy (non-hydrogen) atoms. The van der Waals surface area contributed by atoms with E-state index in [2.05, 4.69) is 10.6 Å². The minimum absolute atomic E-state index is 0.0363. The van der Waals surface area contributed by atoms with Gasteiger partial charge in [-0.05, 0) is 31.0 Å². The van der Waals surface area contributed by atoms with Gasteiger partial charge in [-0.3, -0.25) is 9.59 Å². The second-order valence-corrected chi connectivity index (χ2v) is 4.26. The van der Waals surface area contributed by atoms with Crippen LogP contribution in [0.3, 0.4) is 0 Å². The van der Waals surface area contributed by atoms with Crippen molar-refractivity contribution in [2.24, 2.45) is 0 Å². The predicted octanol–water partition coefficient (Wildman–Crippen LogP) is 0.416. The van der Waals surface area contributed by atoms with Gasteiger partial charge in [0.2, 0.25) is 5.91 Å². The van der Waals surface area contributed by atoms with Crippen LogP contribution in [0.25, 0.3) is 0 Å². The van der Waals surface area contributed by atoms with Gasteiger partial charge >= 0.3 is 0 Å². The van der Waals surface area contributed by atoms with Crippen LogP contribution in [0.1, 0.15) is 23.2 Å². The number of nitrogen functional groups attached to an aromatic ring is 1. The van der Waals surface area contributed by atoms with E-state index in [-0.39, 0.29) is 29.7 Å². The number of carbonyl (C=O) groups is 2. The van der Waals surface area contributed by atoms with E-state index in [1.54, 1.807) is 0 Å². The molecule has 0 spiro atoms. The smallest absolute Gasteiger partial charge is 0.253 e. The number of nitrogens with one attached hydrogen (secondary N) is 2. The number of anilines is 1. The fourth-order valence-corrected chi connectivity index (χ4v) is 1.49. The minimum atomic E-state index is -0.557. The summed E-state index contributed by atoms with van der Waals surface area (Å²) in [6, 6.07) is 3.78. The third-order valence-corrected chi connectivity index (χ3v) is 2.61. The lowest BCUT2D eigenvalue weighted by atomic mass is 10.1. The highest BCUT2D eigenvalue weighted by molar-refractivity contribution is 6.00. The van der Waals surface area contributed by atoms with Crippen LogP contribution in [0.2, 0.25) is 0 Å². The largest absolute Gasteiger partial charge is 0.398 e. The van der Waals surface area contributed by atoms with Gasteiger partial charge in [0.05, 0.1) is 12.1 Å². The fraction of sp³-hybridized carbons (Fsp3) is 0.333. The molecular weight excluding hydrogens is 237 g/mol. The van der Waals surface area contributed by atoms with E-state index in [9.17, 15) is 14.0 Å². The maximum Gasteiger partial charge on any atom is 0.253 e. The third-order valence-electron chi connectivity index (χ3n) is 2.61. The summed E-state index contributed by atoms with van der Waals surface area (Å²) in [5.41, 5.74) is 5.77. The van der Waals surface area contributed by atoms with Gasteiger partial charge in [-0.15, -0.1) is 0 Å². The lowest BCUT2D eigenvalue weighted by Crippen LogP contribution is -2.38. The molecule has 96 valence electrons. The second-order valence-electron chi connectivity index (χ2n) is 4.26. The first-order chi connectivity index (χ1) is 8.56. The fourth-order valence-electron chi connectivity index (χ4n) is 1.49. The maximum atomic E-state index is 13.0. The summed E-state index contributed by atoms with van der Waals surface area (Å²) in [6.45, 7) is -0.134. The van der Waals surface area contributed by atoms with Gasteiger partial charge in [-0.25, -0.2) is 4.39 Å². The summed E-state index contributed by atoms with van der Waals surface area (Å²) in [5, 5.41) is 5.13. The summed E-state index contributed by atoms with van der Waals surface area (Å²) in [7, 11) is 0. The molecular formula is C12H14FN3O2. The summed E-state index contributed by atoms with van der Waals surface area (Å²) in [5.74, 6) is -1.35. The topological polar surface area (TPSA) is 84.2 Å². The molecule has 1 aliphatic rings. The molecule has 1 fully saturated rings. The van der Waals surface area contributed by atoms with Crippen LogP contribution < -0.4 is 16.4 Å². The van der Waals surface area contributed by atoms with Gasteiger partial charge in [-0.2, -0.15) is 0 Å². The van der Waals surface area contributed by atoms with Crippen molar-refractivity contribution in [3.05, 3.63) is 29.6 Å². The van der Waals surface area contributed by atoms with Crippen molar-refractivity contribution in [3.8, 4) is 0 Å². The number of nitrogens with two attached hydrogens (primary N) is 1. The Bertz CT molecular complexity index is 486. The Balaban J connectivity index is 1.90. The van der Waals surface area contributed by atoms with Crippen LogP contribution in [0.5, 0.6) is 0 Å². The highest BCUT2D eigenvalue weighted by atomic mass is 19.1. The van der Waals surface area contributed by atoms with Crippen molar-refractivity contribution in [1.82, 2.24) is 10.6 Å². The van der Waals surface area contributed by atoms with E-state index in [4.69, 9.17) is 5.73 Å². The van der Waals surface area contributed by atoms with Crippen molar-refractivity contribution >= 4 is 17.5 Å². The SMILES string of the molecule is Nc1ccc(F)cc1C(=O)NCC(=O)NC1CC1. The molecule has 1 saturated carbocycles. The van der Waals surface area contributed by atoms with Crippen molar-refractivity contribution in [2.45, 2.75) is 18.9 Å². The molecule has 1 aromatic carbocycles. The van der Waals surface area contributed by atoms with Crippen molar-refractivity contribution < 1.29 is 14.0 Å². The average Bonchev–Trinajstić information content (AvgIpc) is 3.13. The van der Waals surface area contributed by atoms with Crippen LogP contribution >= 0.6 is 0 Å². The zero-order chi connectivity index (χ0) is 13.1. The molecule has 0 bridgehead atoms. The van der Waals surface area contributed by atoms with Gasteiger partial charge in [0.1, 0.15) is 5.82 Å². The van der Waals surface area contributed by atoms with Gasteiger partial charge in [0.15, 0.2) is 0 Å². The average molecular weight is 251 g/mol. The summed E-state index contributed by atoms with van der Waals surface area (Å²) in [4.78, 5) is 23.0. The van der Waals surface area contributed by atoms with Crippen LogP contribution in [-0.2, 0) is 4.79 Å². The molecule has 0 saturated heterocycles. The second kappa shape index (κ2) is 5.03. The minimum Gasteiger partial charge on any atom is -0.398 e. The maximum absolute atomic E-state index is 13.0. The molecule has 0 radical (unpaired) electrons. The number of hydrogen-bond donors (Lipinski definition) is 3. The van der Waals surface area contributed by atoms with Crippen LogP contribution in [0, 0.1) is 5.82 Å². The highest BCUT2D eigenvalue weighted by Gasteiger charge is 2.23. The third kappa shape index (κ3) is 3.19.